The second-order valence-electron chi connectivity index (χ2n) is 2.54. The predicted molar refractivity (Wildman–Crippen MR) is 44.3 cm³/mol. The van der Waals surface area contributed by atoms with Gasteiger partial charge < -0.3 is 4.74 Å². The van der Waals surface area contributed by atoms with Gasteiger partial charge in [0, 0.05) is 12.2 Å². The molecule has 2 nitrogen and oxygen atoms in total. The third-order valence-electron chi connectivity index (χ3n) is 0.929. The van der Waals surface area contributed by atoms with E-state index in [0.29, 0.717) is 24.7 Å². The number of thiol groups is 1. The standard InChI is InChI=1S/C7H14O2S/c1-6(2)5-7(8)9-3-4-10/h6,10H,3-5H2,1-2H3. The number of carbonyl (C=O) groups excluding carboxylic acids is 1. The molecule has 0 unspecified atom stereocenters. The van der Waals surface area contributed by atoms with Crippen molar-refractivity contribution in [1.82, 2.24) is 0 Å². The van der Waals surface area contributed by atoms with E-state index in [9.17, 15) is 4.79 Å². The zero-order valence-corrected chi connectivity index (χ0v) is 7.36. The Labute approximate surface area is 67.4 Å². The van der Waals surface area contributed by atoms with E-state index in [2.05, 4.69) is 12.6 Å². The molecule has 10 heavy (non-hydrogen) atoms. The Morgan fingerprint density at radius 2 is 2.20 bits per heavy atom. The van der Waals surface area contributed by atoms with Gasteiger partial charge in [0.05, 0.1) is 0 Å². The number of carbonyl (C=O) groups is 1. The summed E-state index contributed by atoms with van der Waals surface area (Å²) in [6, 6.07) is 0. The van der Waals surface area contributed by atoms with Crippen LogP contribution in [0.15, 0.2) is 0 Å². The van der Waals surface area contributed by atoms with Crippen molar-refractivity contribution in [3.05, 3.63) is 0 Å². The SMILES string of the molecule is CC(C)CC(=O)OCCS. The lowest BCUT2D eigenvalue weighted by atomic mass is 10.1. The molecule has 0 aromatic heterocycles. The first-order chi connectivity index (χ1) is 4.66. The van der Waals surface area contributed by atoms with E-state index in [1.165, 1.54) is 0 Å². The number of hydrogen-bond donors (Lipinski definition) is 1. The van der Waals surface area contributed by atoms with Crippen molar-refractivity contribution in [3.8, 4) is 0 Å². The molecule has 0 saturated heterocycles. The zero-order chi connectivity index (χ0) is 7.98. The maximum atomic E-state index is 10.8. The van der Waals surface area contributed by atoms with E-state index in [4.69, 9.17) is 4.74 Å². The molecule has 3 heteroatoms. The lowest BCUT2D eigenvalue weighted by Gasteiger charge is -2.03. The summed E-state index contributed by atoms with van der Waals surface area (Å²) < 4.78 is 4.79. The van der Waals surface area contributed by atoms with Crippen molar-refractivity contribution < 1.29 is 9.53 Å². The summed E-state index contributed by atoms with van der Waals surface area (Å²) in [7, 11) is 0. The molecule has 0 amide bonds. The molecule has 60 valence electrons. The molecule has 0 heterocycles. The highest BCUT2D eigenvalue weighted by atomic mass is 32.1. The first kappa shape index (κ1) is 9.82. The average Bonchev–Trinajstić information content (AvgIpc) is 1.82. The Morgan fingerprint density at radius 3 is 2.60 bits per heavy atom. The fraction of sp³-hybridized carbons (Fsp3) is 0.857. The van der Waals surface area contributed by atoms with Gasteiger partial charge in [-0.2, -0.15) is 12.6 Å². The molecular weight excluding hydrogens is 148 g/mol. The minimum atomic E-state index is -0.121. The van der Waals surface area contributed by atoms with Gasteiger partial charge in [0.2, 0.25) is 0 Å². The van der Waals surface area contributed by atoms with Crippen LogP contribution in [0.25, 0.3) is 0 Å². The van der Waals surface area contributed by atoms with Gasteiger partial charge in [0.25, 0.3) is 0 Å². The Bertz CT molecular complexity index is 102. The molecule has 0 aliphatic rings. The molecule has 0 aliphatic heterocycles. The lowest BCUT2D eigenvalue weighted by Crippen LogP contribution is -2.09. The summed E-state index contributed by atoms with van der Waals surface area (Å²) >= 11 is 3.91. The smallest absolute Gasteiger partial charge is 0.306 e. The highest BCUT2D eigenvalue weighted by Crippen LogP contribution is 2.00. The van der Waals surface area contributed by atoms with Gasteiger partial charge in [-0.05, 0) is 5.92 Å². The third-order valence-corrected chi connectivity index (χ3v) is 1.11. The van der Waals surface area contributed by atoms with E-state index in [0.717, 1.165) is 0 Å². The minimum Gasteiger partial charge on any atom is -0.465 e. The van der Waals surface area contributed by atoms with E-state index in [1.54, 1.807) is 0 Å². The zero-order valence-electron chi connectivity index (χ0n) is 6.46. The van der Waals surface area contributed by atoms with Crippen LogP contribution in [0, 0.1) is 5.92 Å². The van der Waals surface area contributed by atoms with Crippen LogP contribution in [0.1, 0.15) is 20.3 Å². The molecule has 0 fully saturated rings. The van der Waals surface area contributed by atoms with Gasteiger partial charge in [-0.15, -0.1) is 0 Å². The summed E-state index contributed by atoms with van der Waals surface area (Å²) in [6.07, 6.45) is 0.508. The maximum Gasteiger partial charge on any atom is 0.306 e. The highest BCUT2D eigenvalue weighted by molar-refractivity contribution is 7.80. The minimum absolute atomic E-state index is 0.121. The van der Waals surface area contributed by atoms with Crippen molar-refractivity contribution in [3.63, 3.8) is 0 Å². The van der Waals surface area contributed by atoms with Crippen LogP contribution in [0.5, 0.6) is 0 Å². The summed E-state index contributed by atoms with van der Waals surface area (Å²) in [5.41, 5.74) is 0. The Kier molecular flexibility index (Phi) is 5.49. The molecule has 0 aliphatic carbocycles. The molecular formula is C7H14O2S. The second kappa shape index (κ2) is 5.59. The van der Waals surface area contributed by atoms with Crippen molar-refractivity contribution >= 4 is 18.6 Å². The largest absolute Gasteiger partial charge is 0.465 e. The monoisotopic (exact) mass is 162 g/mol. The Balaban J connectivity index is 3.26. The summed E-state index contributed by atoms with van der Waals surface area (Å²) in [6.45, 7) is 4.40. The average molecular weight is 162 g/mol. The van der Waals surface area contributed by atoms with E-state index >= 15 is 0 Å². The van der Waals surface area contributed by atoms with Crippen LogP contribution in [0.2, 0.25) is 0 Å². The molecule has 0 N–H and O–H groups in total. The van der Waals surface area contributed by atoms with Crippen molar-refractivity contribution in [2.75, 3.05) is 12.4 Å². The summed E-state index contributed by atoms with van der Waals surface area (Å²) in [5.74, 6) is 0.862. The topological polar surface area (TPSA) is 26.3 Å². The molecule has 0 rings (SSSR count). The van der Waals surface area contributed by atoms with E-state index in [-0.39, 0.29) is 5.97 Å². The Hall–Kier alpha value is -0.180. The van der Waals surface area contributed by atoms with Crippen molar-refractivity contribution in [2.24, 2.45) is 5.92 Å². The van der Waals surface area contributed by atoms with E-state index < -0.39 is 0 Å². The third kappa shape index (κ3) is 5.95. The first-order valence-corrected chi connectivity index (χ1v) is 4.06. The molecule has 0 aromatic rings. The fourth-order valence-corrected chi connectivity index (χ4v) is 0.643. The number of rotatable bonds is 4. The molecule has 0 saturated carbocycles. The number of esters is 1. The van der Waals surface area contributed by atoms with Crippen molar-refractivity contribution in [2.45, 2.75) is 20.3 Å². The fourth-order valence-electron chi connectivity index (χ4n) is 0.552. The quantitative estimate of drug-likeness (QED) is 0.501. The van der Waals surface area contributed by atoms with Crippen molar-refractivity contribution in [1.29, 1.82) is 0 Å². The number of hydrogen-bond acceptors (Lipinski definition) is 3. The summed E-state index contributed by atoms with van der Waals surface area (Å²) in [4.78, 5) is 10.8. The van der Waals surface area contributed by atoms with Gasteiger partial charge in [-0.25, -0.2) is 0 Å². The predicted octanol–water partition coefficient (Wildman–Crippen LogP) is 1.51. The number of ether oxygens (including phenoxy) is 1. The molecule has 0 spiro atoms. The van der Waals surface area contributed by atoms with Crippen LogP contribution in [0.3, 0.4) is 0 Å². The van der Waals surface area contributed by atoms with Crippen LogP contribution >= 0.6 is 12.6 Å². The van der Waals surface area contributed by atoms with E-state index in [1.807, 2.05) is 13.8 Å². The van der Waals surface area contributed by atoms with Crippen LogP contribution < -0.4 is 0 Å². The van der Waals surface area contributed by atoms with Gasteiger partial charge in [0.1, 0.15) is 6.61 Å². The highest BCUT2D eigenvalue weighted by Gasteiger charge is 2.04. The molecule has 0 atom stereocenters. The molecule has 0 aromatic carbocycles. The molecule has 0 bridgehead atoms. The maximum absolute atomic E-state index is 10.8. The lowest BCUT2D eigenvalue weighted by molar-refractivity contribution is -0.143. The summed E-state index contributed by atoms with van der Waals surface area (Å²) in [5, 5.41) is 0. The van der Waals surface area contributed by atoms with Gasteiger partial charge >= 0.3 is 5.97 Å². The second-order valence-corrected chi connectivity index (χ2v) is 2.99. The van der Waals surface area contributed by atoms with Gasteiger partial charge in [-0.1, -0.05) is 13.8 Å². The van der Waals surface area contributed by atoms with Gasteiger partial charge in [0.15, 0.2) is 0 Å². The molecule has 0 radical (unpaired) electrons. The normalized spacial score (nSPS) is 10.0. The Morgan fingerprint density at radius 1 is 1.60 bits per heavy atom. The van der Waals surface area contributed by atoms with Gasteiger partial charge in [-0.3, -0.25) is 4.79 Å². The van der Waals surface area contributed by atoms with Crippen LogP contribution in [-0.4, -0.2) is 18.3 Å². The van der Waals surface area contributed by atoms with Crippen LogP contribution in [0.4, 0.5) is 0 Å². The van der Waals surface area contributed by atoms with Crippen LogP contribution in [-0.2, 0) is 9.53 Å². The first-order valence-electron chi connectivity index (χ1n) is 3.43.